The van der Waals surface area contributed by atoms with E-state index in [0.717, 1.165) is 24.5 Å². The largest absolute Gasteiger partial charge is 0.371 e. The maximum Gasteiger partial charge on any atom is 0.133 e. The average molecular weight is 268 g/mol. The van der Waals surface area contributed by atoms with Crippen LogP contribution in [0.25, 0.3) is 0 Å². The van der Waals surface area contributed by atoms with Gasteiger partial charge in [-0.1, -0.05) is 12.1 Å². The Bertz CT molecular complexity index is 609. The van der Waals surface area contributed by atoms with Crippen molar-refractivity contribution < 1.29 is 0 Å². The number of hydrogen-bond acceptors (Lipinski definition) is 4. The number of likely N-dealkylation sites (N-methyl/N-ethyl adjacent to an activating group) is 1. The molecule has 0 saturated heterocycles. The van der Waals surface area contributed by atoms with Crippen molar-refractivity contribution in [3.05, 3.63) is 48.2 Å². The van der Waals surface area contributed by atoms with E-state index in [0.29, 0.717) is 0 Å². The SMILES string of the molecule is C[C@@H](N)c1ccnc(N2CCN(C)c3ccccc32)c1. The Balaban J connectivity index is 2.03. The molecule has 0 aliphatic carbocycles. The fourth-order valence-corrected chi connectivity index (χ4v) is 2.61. The molecule has 0 amide bonds. The van der Waals surface area contributed by atoms with Crippen LogP contribution < -0.4 is 15.5 Å². The maximum absolute atomic E-state index is 5.97. The third-order valence-corrected chi connectivity index (χ3v) is 3.81. The van der Waals surface area contributed by atoms with Crippen molar-refractivity contribution in [3.8, 4) is 0 Å². The van der Waals surface area contributed by atoms with Crippen LogP contribution in [-0.4, -0.2) is 25.1 Å². The fourth-order valence-electron chi connectivity index (χ4n) is 2.61. The summed E-state index contributed by atoms with van der Waals surface area (Å²) in [6.45, 7) is 3.92. The summed E-state index contributed by atoms with van der Waals surface area (Å²) in [6.07, 6.45) is 1.84. The first-order chi connectivity index (χ1) is 9.66. The van der Waals surface area contributed by atoms with E-state index in [9.17, 15) is 0 Å². The predicted octanol–water partition coefficient (Wildman–Crippen LogP) is 2.69. The summed E-state index contributed by atoms with van der Waals surface area (Å²) in [6, 6.07) is 12.5. The number of hydrogen-bond donors (Lipinski definition) is 1. The van der Waals surface area contributed by atoms with Crippen LogP contribution >= 0.6 is 0 Å². The van der Waals surface area contributed by atoms with Gasteiger partial charge in [0.25, 0.3) is 0 Å². The first kappa shape index (κ1) is 12.9. The summed E-state index contributed by atoms with van der Waals surface area (Å²) >= 11 is 0. The Labute approximate surface area is 119 Å². The lowest BCUT2D eigenvalue weighted by molar-refractivity contribution is 0.797. The van der Waals surface area contributed by atoms with Gasteiger partial charge in [0, 0.05) is 32.4 Å². The number of nitrogens with zero attached hydrogens (tertiary/aromatic N) is 3. The quantitative estimate of drug-likeness (QED) is 0.909. The van der Waals surface area contributed by atoms with Gasteiger partial charge in [-0.15, -0.1) is 0 Å². The zero-order valence-corrected chi connectivity index (χ0v) is 12.0. The first-order valence-electron chi connectivity index (χ1n) is 6.96. The average Bonchev–Trinajstić information content (AvgIpc) is 2.48. The van der Waals surface area contributed by atoms with Crippen LogP contribution in [0.15, 0.2) is 42.6 Å². The van der Waals surface area contributed by atoms with Crippen LogP contribution in [0.4, 0.5) is 17.2 Å². The summed E-state index contributed by atoms with van der Waals surface area (Å²) in [5.74, 6) is 0.973. The highest BCUT2D eigenvalue weighted by atomic mass is 15.3. The minimum absolute atomic E-state index is 0.0273. The molecule has 1 aliphatic heterocycles. The molecule has 104 valence electrons. The molecule has 0 radical (unpaired) electrons. The lowest BCUT2D eigenvalue weighted by atomic mass is 10.1. The van der Waals surface area contributed by atoms with Crippen molar-refractivity contribution in [2.45, 2.75) is 13.0 Å². The van der Waals surface area contributed by atoms with Crippen LogP contribution in [0.2, 0.25) is 0 Å². The molecular weight excluding hydrogens is 248 g/mol. The Morgan fingerprint density at radius 2 is 1.90 bits per heavy atom. The summed E-state index contributed by atoms with van der Waals surface area (Å²) in [5, 5.41) is 0. The predicted molar refractivity (Wildman–Crippen MR) is 83.6 cm³/mol. The highest BCUT2D eigenvalue weighted by Crippen LogP contribution is 2.36. The van der Waals surface area contributed by atoms with Gasteiger partial charge >= 0.3 is 0 Å². The summed E-state index contributed by atoms with van der Waals surface area (Å²) in [7, 11) is 2.13. The van der Waals surface area contributed by atoms with Gasteiger partial charge in [-0.05, 0) is 36.8 Å². The second-order valence-electron chi connectivity index (χ2n) is 5.30. The molecule has 4 nitrogen and oxygen atoms in total. The number of fused-ring (bicyclic) bond motifs is 1. The number of nitrogens with two attached hydrogens (primary N) is 1. The Morgan fingerprint density at radius 1 is 1.15 bits per heavy atom. The molecular formula is C16H20N4. The molecule has 2 heterocycles. The number of aromatic nitrogens is 1. The van der Waals surface area contributed by atoms with Crippen molar-refractivity contribution in [1.82, 2.24) is 4.98 Å². The Hall–Kier alpha value is -2.07. The molecule has 1 aromatic carbocycles. The molecule has 4 heteroatoms. The number of rotatable bonds is 2. The van der Waals surface area contributed by atoms with Crippen LogP contribution in [0.5, 0.6) is 0 Å². The van der Waals surface area contributed by atoms with Crippen LogP contribution in [0.3, 0.4) is 0 Å². The second-order valence-corrected chi connectivity index (χ2v) is 5.30. The second kappa shape index (κ2) is 5.13. The molecule has 1 aliphatic rings. The third kappa shape index (κ3) is 2.23. The minimum Gasteiger partial charge on any atom is -0.371 e. The van der Waals surface area contributed by atoms with Gasteiger partial charge in [0.2, 0.25) is 0 Å². The van der Waals surface area contributed by atoms with E-state index in [-0.39, 0.29) is 6.04 Å². The summed E-state index contributed by atoms with van der Waals surface area (Å²) in [5.41, 5.74) is 9.54. The lowest BCUT2D eigenvalue weighted by Crippen LogP contribution is -2.36. The Kier molecular flexibility index (Phi) is 3.32. The van der Waals surface area contributed by atoms with Crippen LogP contribution in [-0.2, 0) is 0 Å². The van der Waals surface area contributed by atoms with E-state index < -0.39 is 0 Å². The molecule has 2 aromatic rings. The van der Waals surface area contributed by atoms with Crippen molar-refractivity contribution in [2.75, 3.05) is 29.9 Å². The molecule has 3 rings (SSSR count). The first-order valence-corrected chi connectivity index (χ1v) is 6.96. The highest BCUT2D eigenvalue weighted by molar-refractivity contribution is 5.78. The number of benzene rings is 1. The molecule has 0 saturated carbocycles. The van der Waals surface area contributed by atoms with Gasteiger partial charge in [0.05, 0.1) is 11.4 Å². The fraction of sp³-hybridized carbons (Fsp3) is 0.312. The van der Waals surface area contributed by atoms with Crippen molar-refractivity contribution in [1.29, 1.82) is 0 Å². The van der Waals surface area contributed by atoms with E-state index in [1.165, 1.54) is 11.4 Å². The van der Waals surface area contributed by atoms with Crippen LogP contribution in [0.1, 0.15) is 18.5 Å². The van der Waals surface area contributed by atoms with Gasteiger partial charge in [0.15, 0.2) is 0 Å². The summed E-state index contributed by atoms with van der Waals surface area (Å²) < 4.78 is 0. The van der Waals surface area contributed by atoms with Gasteiger partial charge in [0.1, 0.15) is 5.82 Å². The van der Waals surface area contributed by atoms with E-state index in [1.807, 2.05) is 19.2 Å². The van der Waals surface area contributed by atoms with Crippen LogP contribution in [0, 0.1) is 0 Å². The van der Waals surface area contributed by atoms with Crippen molar-refractivity contribution >= 4 is 17.2 Å². The van der Waals surface area contributed by atoms with Gasteiger partial charge in [-0.2, -0.15) is 0 Å². The van der Waals surface area contributed by atoms with E-state index in [1.54, 1.807) is 0 Å². The highest BCUT2D eigenvalue weighted by Gasteiger charge is 2.21. The third-order valence-electron chi connectivity index (χ3n) is 3.81. The number of pyridine rings is 1. The molecule has 1 aromatic heterocycles. The monoisotopic (exact) mass is 268 g/mol. The molecule has 0 spiro atoms. The number of para-hydroxylation sites is 2. The van der Waals surface area contributed by atoms with Crippen molar-refractivity contribution in [2.24, 2.45) is 5.73 Å². The van der Waals surface area contributed by atoms with E-state index in [4.69, 9.17) is 5.73 Å². The molecule has 2 N–H and O–H groups in total. The van der Waals surface area contributed by atoms with Crippen molar-refractivity contribution in [3.63, 3.8) is 0 Å². The molecule has 0 fully saturated rings. The van der Waals surface area contributed by atoms with E-state index >= 15 is 0 Å². The minimum atomic E-state index is 0.0273. The lowest BCUT2D eigenvalue weighted by Gasteiger charge is -2.36. The topological polar surface area (TPSA) is 45.4 Å². The zero-order valence-electron chi connectivity index (χ0n) is 12.0. The standard InChI is InChI=1S/C16H20N4/c1-12(17)13-7-8-18-16(11-13)20-10-9-19(2)14-5-3-4-6-15(14)20/h3-8,11-12H,9-10,17H2,1-2H3/t12-/m1/s1. The summed E-state index contributed by atoms with van der Waals surface area (Å²) in [4.78, 5) is 9.07. The molecule has 1 atom stereocenters. The smallest absolute Gasteiger partial charge is 0.133 e. The molecule has 0 unspecified atom stereocenters. The number of anilines is 3. The maximum atomic E-state index is 5.97. The van der Waals surface area contributed by atoms with E-state index in [2.05, 4.69) is 52.2 Å². The van der Waals surface area contributed by atoms with Gasteiger partial charge in [-0.25, -0.2) is 4.98 Å². The van der Waals surface area contributed by atoms with Gasteiger partial charge < -0.3 is 15.5 Å². The molecule has 0 bridgehead atoms. The van der Waals surface area contributed by atoms with Gasteiger partial charge in [-0.3, -0.25) is 0 Å². The Morgan fingerprint density at radius 3 is 2.65 bits per heavy atom. The zero-order chi connectivity index (χ0) is 14.1. The normalized spacial score (nSPS) is 15.9. The molecule has 20 heavy (non-hydrogen) atoms.